The monoisotopic (exact) mass is 215 g/mol. The molecule has 2 nitrogen and oxygen atoms in total. The summed E-state index contributed by atoms with van der Waals surface area (Å²) in [6.45, 7) is 2.71. The van der Waals surface area contributed by atoms with Crippen LogP contribution in [0.3, 0.4) is 0 Å². The van der Waals surface area contributed by atoms with Gasteiger partial charge in [-0.2, -0.15) is 0 Å². The van der Waals surface area contributed by atoms with Crippen LogP contribution in [0, 0.1) is 0 Å². The average Bonchev–Trinajstić information content (AvgIpc) is 2.36. The van der Waals surface area contributed by atoms with E-state index in [9.17, 15) is 0 Å². The highest BCUT2D eigenvalue weighted by atomic mass is 16.5. The smallest absolute Gasteiger partial charge is 0.127 e. The van der Waals surface area contributed by atoms with Gasteiger partial charge >= 0.3 is 0 Å². The summed E-state index contributed by atoms with van der Waals surface area (Å²) in [5.41, 5.74) is 8.16. The van der Waals surface area contributed by atoms with Crippen LogP contribution < -0.4 is 10.5 Å². The van der Waals surface area contributed by atoms with Gasteiger partial charge in [-0.05, 0) is 35.1 Å². The Labute approximate surface area is 96.0 Å². The van der Waals surface area contributed by atoms with E-state index in [4.69, 9.17) is 10.5 Å². The molecule has 0 amide bonds. The lowest BCUT2D eigenvalue weighted by atomic mass is 9.99. The molecule has 0 radical (unpaired) electrons. The molecule has 0 unspecified atom stereocenters. The van der Waals surface area contributed by atoms with Gasteiger partial charge in [0, 0.05) is 11.9 Å². The molecule has 0 saturated carbocycles. The van der Waals surface area contributed by atoms with Crippen LogP contribution in [-0.4, -0.2) is 7.11 Å². The molecule has 2 aromatic rings. The maximum absolute atomic E-state index is 5.70. The summed E-state index contributed by atoms with van der Waals surface area (Å²) in [5.74, 6) is 0.910. The molecule has 2 N–H and O–H groups in total. The Morgan fingerprint density at radius 3 is 2.62 bits per heavy atom. The van der Waals surface area contributed by atoms with Gasteiger partial charge in [0.1, 0.15) is 5.75 Å². The van der Waals surface area contributed by atoms with E-state index >= 15 is 0 Å². The van der Waals surface area contributed by atoms with Crippen molar-refractivity contribution in [2.75, 3.05) is 7.11 Å². The van der Waals surface area contributed by atoms with E-state index < -0.39 is 0 Å². The largest absolute Gasteiger partial charge is 0.496 e. The summed E-state index contributed by atoms with van der Waals surface area (Å²) >= 11 is 0. The van der Waals surface area contributed by atoms with E-state index in [-0.39, 0.29) is 0 Å². The second-order valence-corrected chi connectivity index (χ2v) is 3.87. The average molecular weight is 215 g/mol. The van der Waals surface area contributed by atoms with Crippen molar-refractivity contribution in [3.8, 4) is 5.75 Å². The molecule has 0 fully saturated rings. The predicted molar refractivity (Wildman–Crippen MR) is 67.8 cm³/mol. The van der Waals surface area contributed by atoms with Gasteiger partial charge in [-0.25, -0.2) is 0 Å². The van der Waals surface area contributed by atoms with Crippen LogP contribution in [-0.2, 0) is 13.0 Å². The fourth-order valence-electron chi connectivity index (χ4n) is 2.07. The Bertz CT molecular complexity index is 505. The van der Waals surface area contributed by atoms with Gasteiger partial charge in [-0.3, -0.25) is 0 Å². The third-order valence-electron chi connectivity index (χ3n) is 2.94. The zero-order valence-electron chi connectivity index (χ0n) is 9.79. The molecule has 2 heteroatoms. The van der Waals surface area contributed by atoms with E-state index in [2.05, 4.69) is 31.2 Å². The van der Waals surface area contributed by atoms with Crippen LogP contribution >= 0.6 is 0 Å². The Balaban J connectivity index is 2.78. The van der Waals surface area contributed by atoms with Gasteiger partial charge in [0.2, 0.25) is 0 Å². The number of aryl methyl sites for hydroxylation is 1. The zero-order chi connectivity index (χ0) is 11.5. The minimum atomic E-state index is 0.546. The molecule has 16 heavy (non-hydrogen) atoms. The molecule has 84 valence electrons. The number of methoxy groups -OCH3 is 1. The summed E-state index contributed by atoms with van der Waals surface area (Å²) in [5, 5.41) is 2.42. The maximum atomic E-state index is 5.70. The summed E-state index contributed by atoms with van der Waals surface area (Å²) in [6.07, 6.45) is 1.02. The lowest BCUT2D eigenvalue weighted by Crippen LogP contribution is -1.98. The first-order chi connectivity index (χ1) is 7.80. The van der Waals surface area contributed by atoms with E-state index in [1.54, 1.807) is 7.11 Å². The quantitative estimate of drug-likeness (QED) is 0.854. The molecule has 2 rings (SSSR count). The molecule has 0 aliphatic rings. The zero-order valence-corrected chi connectivity index (χ0v) is 9.79. The van der Waals surface area contributed by atoms with Crippen LogP contribution in [0.5, 0.6) is 5.75 Å². The molecular weight excluding hydrogens is 198 g/mol. The molecular formula is C14H17NO. The molecule has 0 bridgehead atoms. The molecule has 0 aliphatic heterocycles. The molecule has 0 saturated heterocycles. The number of ether oxygens (including phenoxy) is 1. The van der Waals surface area contributed by atoms with Crippen molar-refractivity contribution < 1.29 is 4.74 Å². The highest BCUT2D eigenvalue weighted by molar-refractivity contribution is 5.91. The minimum Gasteiger partial charge on any atom is -0.496 e. The fraction of sp³-hybridized carbons (Fsp3) is 0.286. The van der Waals surface area contributed by atoms with Crippen molar-refractivity contribution in [3.05, 3.63) is 41.5 Å². The summed E-state index contributed by atoms with van der Waals surface area (Å²) in [6, 6.07) is 10.5. The number of nitrogens with two attached hydrogens (primary N) is 1. The van der Waals surface area contributed by atoms with E-state index in [0.29, 0.717) is 6.54 Å². The number of hydrogen-bond acceptors (Lipinski definition) is 2. The van der Waals surface area contributed by atoms with Crippen molar-refractivity contribution in [2.45, 2.75) is 19.9 Å². The van der Waals surface area contributed by atoms with Crippen molar-refractivity contribution in [2.24, 2.45) is 5.73 Å². The normalized spacial score (nSPS) is 10.7. The SMILES string of the molecule is CCc1cccc2c(OC)cc(CN)cc12. The molecule has 2 aromatic carbocycles. The number of fused-ring (bicyclic) bond motifs is 1. The Kier molecular flexibility index (Phi) is 3.11. The van der Waals surface area contributed by atoms with E-state index in [1.807, 2.05) is 6.07 Å². The van der Waals surface area contributed by atoms with Crippen LogP contribution in [0.1, 0.15) is 18.1 Å². The topological polar surface area (TPSA) is 35.2 Å². The number of hydrogen-bond donors (Lipinski definition) is 1. The standard InChI is InChI=1S/C14H17NO/c1-3-11-5-4-6-12-13(11)7-10(9-15)8-14(12)16-2/h4-8H,3,9,15H2,1-2H3. The lowest BCUT2D eigenvalue weighted by molar-refractivity contribution is 0.419. The highest BCUT2D eigenvalue weighted by Gasteiger charge is 2.06. The van der Waals surface area contributed by atoms with Crippen LogP contribution in [0.4, 0.5) is 0 Å². The van der Waals surface area contributed by atoms with Gasteiger partial charge in [0.05, 0.1) is 7.11 Å². The fourth-order valence-corrected chi connectivity index (χ4v) is 2.07. The summed E-state index contributed by atoms with van der Waals surface area (Å²) in [4.78, 5) is 0. The van der Waals surface area contributed by atoms with Gasteiger partial charge in [-0.15, -0.1) is 0 Å². The molecule has 0 heterocycles. The van der Waals surface area contributed by atoms with E-state index in [1.165, 1.54) is 16.3 Å². The Hall–Kier alpha value is -1.54. The Morgan fingerprint density at radius 2 is 2.00 bits per heavy atom. The number of rotatable bonds is 3. The van der Waals surface area contributed by atoms with Crippen molar-refractivity contribution in [1.82, 2.24) is 0 Å². The first kappa shape index (κ1) is 11.0. The molecule has 0 aromatic heterocycles. The number of benzene rings is 2. The van der Waals surface area contributed by atoms with Gasteiger partial charge in [0.15, 0.2) is 0 Å². The van der Waals surface area contributed by atoms with Crippen LogP contribution in [0.15, 0.2) is 30.3 Å². The van der Waals surface area contributed by atoms with Crippen molar-refractivity contribution >= 4 is 10.8 Å². The molecule has 0 atom stereocenters. The third-order valence-corrected chi connectivity index (χ3v) is 2.94. The minimum absolute atomic E-state index is 0.546. The summed E-state index contributed by atoms with van der Waals surface area (Å²) in [7, 11) is 1.70. The van der Waals surface area contributed by atoms with Crippen molar-refractivity contribution in [1.29, 1.82) is 0 Å². The van der Waals surface area contributed by atoms with Gasteiger partial charge in [0.25, 0.3) is 0 Å². The van der Waals surface area contributed by atoms with Crippen LogP contribution in [0.25, 0.3) is 10.8 Å². The van der Waals surface area contributed by atoms with Crippen molar-refractivity contribution in [3.63, 3.8) is 0 Å². The second kappa shape index (κ2) is 4.54. The highest BCUT2D eigenvalue weighted by Crippen LogP contribution is 2.29. The Morgan fingerprint density at radius 1 is 1.19 bits per heavy atom. The first-order valence-electron chi connectivity index (χ1n) is 5.58. The molecule has 0 spiro atoms. The maximum Gasteiger partial charge on any atom is 0.127 e. The van der Waals surface area contributed by atoms with E-state index in [0.717, 1.165) is 17.7 Å². The third kappa shape index (κ3) is 1.76. The summed E-state index contributed by atoms with van der Waals surface area (Å²) < 4.78 is 5.41. The first-order valence-corrected chi connectivity index (χ1v) is 5.58. The predicted octanol–water partition coefficient (Wildman–Crippen LogP) is 2.87. The molecule has 0 aliphatic carbocycles. The lowest BCUT2D eigenvalue weighted by Gasteiger charge is -2.11. The van der Waals surface area contributed by atoms with Gasteiger partial charge in [-0.1, -0.05) is 25.1 Å². The van der Waals surface area contributed by atoms with Crippen LogP contribution in [0.2, 0.25) is 0 Å². The second-order valence-electron chi connectivity index (χ2n) is 3.87. The van der Waals surface area contributed by atoms with Gasteiger partial charge < -0.3 is 10.5 Å².